The van der Waals surface area contributed by atoms with Crippen LogP contribution in [0.5, 0.6) is 0 Å². The Kier molecular flexibility index (Phi) is 13.2. The molecule has 0 bridgehead atoms. The monoisotopic (exact) mass is 913 g/mol. The number of hydrogen-bond acceptors (Lipinski definition) is 16. The van der Waals surface area contributed by atoms with Crippen molar-refractivity contribution in [2.24, 2.45) is 50.2 Å². The Morgan fingerprint density at radius 1 is 0.719 bits per heavy atom. The Morgan fingerprint density at radius 2 is 1.38 bits per heavy atom. The molecule has 0 aromatic rings. The topological polar surface area (TPSA) is 275 Å². The molecule has 64 heavy (non-hydrogen) atoms. The zero-order valence-electron chi connectivity index (χ0n) is 38.5. The minimum Gasteiger partial charge on any atom is -0.481 e. The summed E-state index contributed by atoms with van der Waals surface area (Å²) in [4.78, 5) is 13.1. The summed E-state index contributed by atoms with van der Waals surface area (Å²) >= 11 is 0. The first-order chi connectivity index (χ1) is 29.9. The molecule has 17 heteroatoms. The normalized spacial score (nSPS) is 55.0. The second-order valence-corrected chi connectivity index (χ2v) is 22.9. The first-order valence-electron chi connectivity index (χ1n) is 23.7. The van der Waals surface area contributed by atoms with Crippen molar-refractivity contribution >= 4 is 5.97 Å². The Bertz CT molecular complexity index is 1750. The smallest absolute Gasteiger partial charge is 0.310 e. The predicted octanol–water partition coefficient (Wildman–Crippen LogP) is 1.35. The number of hydrogen-bond donors (Lipinski definition) is 10. The molecule has 0 aromatic heterocycles. The van der Waals surface area contributed by atoms with Gasteiger partial charge in [-0.15, -0.1) is 0 Å². The van der Waals surface area contributed by atoms with Gasteiger partial charge >= 0.3 is 5.97 Å². The highest BCUT2D eigenvalue weighted by Crippen LogP contribution is 2.76. The van der Waals surface area contributed by atoms with Crippen LogP contribution < -0.4 is 0 Å². The molecule has 3 heterocycles. The van der Waals surface area contributed by atoms with Gasteiger partial charge in [0, 0.05) is 5.41 Å². The first-order valence-corrected chi connectivity index (χ1v) is 23.7. The fourth-order valence-corrected chi connectivity index (χ4v) is 14.8. The molecule has 8 aliphatic rings. The van der Waals surface area contributed by atoms with E-state index in [-0.39, 0.29) is 52.6 Å². The van der Waals surface area contributed by atoms with E-state index in [1.54, 1.807) is 0 Å². The van der Waals surface area contributed by atoms with Gasteiger partial charge in [-0.3, -0.25) is 4.79 Å². The molecular formula is C47H76O17. The van der Waals surface area contributed by atoms with Gasteiger partial charge in [0.05, 0.1) is 37.4 Å². The van der Waals surface area contributed by atoms with Crippen molar-refractivity contribution in [2.75, 3.05) is 19.8 Å². The van der Waals surface area contributed by atoms with Gasteiger partial charge in [-0.1, -0.05) is 53.2 Å². The number of carboxylic acid groups (broad SMARTS) is 1. The average Bonchev–Trinajstić information content (AvgIpc) is 3.24. The Morgan fingerprint density at radius 3 is 2.03 bits per heavy atom. The highest BCUT2D eigenvalue weighted by molar-refractivity contribution is 5.76. The number of ether oxygens (including phenoxy) is 6. The molecule has 10 N–H and O–H groups in total. The SMILES string of the molecule is CC1OC(OC2C(OC3CCC4(C)C5CC=C6C7CC(C)(C)CCC7(C(=O)O)CC[C@@]6(C)C5(C)CCC4[C@]3(C)CO)OCC(OC3OC(CO)C(O)C(O)C3O)C2O)C(O)C(O)C1O. The molecule has 3 saturated heterocycles. The fourth-order valence-electron chi connectivity index (χ4n) is 14.8. The molecule has 0 spiro atoms. The van der Waals surface area contributed by atoms with Crippen LogP contribution in [0.25, 0.3) is 0 Å². The third kappa shape index (κ3) is 7.49. The molecule has 17 nitrogen and oxygen atoms in total. The Labute approximate surface area is 376 Å². The van der Waals surface area contributed by atoms with Crippen LogP contribution in [0.3, 0.4) is 0 Å². The van der Waals surface area contributed by atoms with Crippen LogP contribution in [-0.4, -0.2) is 169 Å². The number of aliphatic hydroxyl groups excluding tert-OH is 9. The van der Waals surface area contributed by atoms with Crippen molar-refractivity contribution in [3.8, 4) is 0 Å². The lowest BCUT2D eigenvalue weighted by Crippen LogP contribution is -2.67. The molecule has 23 atom stereocenters. The Hall–Kier alpha value is -1.39. The van der Waals surface area contributed by atoms with Gasteiger partial charge in [0.25, 0.3) is 0 Å². The van der Waals surface area contributed by atoms with Crippen molar-refractivity contribution in [1.29, 1.82) is 0 Å². The van der Waals surface area contributed by atoms with Crippen molar-refractivity contribution in [2.45, 2.75) is 205 Å². The third-order valence-corrected chi connectivity index (χ3v) is 19.1. The average molecular weight is 913 g/mol. The van der Waals surface area contributed by atoms with E-state index < -0.39 is 116 Å². The molecule has 7 fully saturated rings. The summed E-state index contributed by atoms with van der Waals surface area (Å²) in [5.74, 6) is -0.441. The molecule has 21 unspecified atom stereocenters. The van der Waals surface area contributed by atoms with Crippen molar-refractivity contribution in [3.05, 3.63) is 11.6 Å². The van der Waals surface area contributed by atoms with E-state index in [1.165, 1.54) is 12.5 Å². The summed E-state index contributed by atoms with van der Waals surface area (Å²) in [6, 6.07) is 0. The van der Waals surface area contributed by atoms with Crippen molar-refractivity contribution in [1.82, 2.24) is 0 Å². The van der Waals surface area contributed by atoms with Crippen molar-refractivity contribution in [3.63, 3.8) is 0 Å². The van der Waals surface area contributed by atoms with Gasteiger partial charge in [0.15, 0.2) is 18.9 Å². The molecule has 366 valence electrons. The number of aliphatic hydroxyl groups is 9. The maximum atomic E-state index is 13.1. The van der Waals surface area contributed by atoms with E-state index in [1.807, 2.05) is 6.92 Å². The van der Waals surface area contributed by atoms with Crippen LogP contribution in [0.15, 0.2) is 11.6 Å². The number of carboxylic acids is 1. The molecule has 5 aliphatic carbocycles. The minimum absolute atomic E-state index is 0.00757. The Balaban J connectivity index is 1.05. The summed E-state index contributed by atoms with van der Waals surface area (Å²) in [5, 5.41) is 108. The molecule has 8 rings (SSSR count). The van der Waals surface area contributed by atoms with Crippen LogP contribution in [0, 0.1) is 50.2 Å². The van der Waals surface area contributed by atoms with Crippen molar-refractivity contribution < 1.29 is 84.3 Å². The lowest BCUT2D eigenvalue weighted by molar-refractivity contribution is -0.381. The summed E-state index contributed by atoms with van der Waals surface area (Å²) in [7, 11) is 0. The maximum absolute atomic E-state index is 13.1. The number of carbonyl (C=O) groups is 1. The fraction of sp³-hybridized carbons (Fsp3) is 0.936. The molecule has 3 aliphatic heterocycles. The van der Waals surface area contributed by atoms with E-state index in [0.717, 1.165) is 44.9 Å². The standard InChI is InChI=1S/C47H76O17/c1-22-30(50)33(53)35(55)38(60-22)64-37-32(52)26(62-39-36(56)34(54)31(51)25(19-48)61-39)20-59-40(37)63-29-11-12-43(4)27(44(29,5)21-49)10-13-46(7)28(43)9-8-23-24-18-42(2,3)14-16-47(24,41(57)58)17-15-45(23,46)6/h8,22,24-40,48-56H,9-21H2,1-7H3,(H,57,58)/t22?,24?,25?,26?,27?,28?,29?,30?,31?,32?,33?,34?,35?,36?,37?,38?,39?,40?,43?,44-,45+,46?,47?/m0/s1. The second-order valence-electron chi connectivity index (χ2n) is 22.9. The van der Waals surface area contributed by atoms with Gasteiger partial charge in [0.2, 0.25) is 0 Å². The zero-order chi connectivity index (χ0) is 46.7. The lowest BCUT2D eigenvalue weighted by Gasteiger charge is -2.71. The molecule has 0 amide bonds. The summed E-state index contributed by atoms with van der Waals surface area (Å²) in [6.07, 6.45) is -11.7. The zero-order valence-corrected chi connectivity index (χ0v) is 38.5. The van der Waals surface area contributed by atoms with Gasteiger partial charge in [0.1, 0.15) is 61.0 Å². The first kappa shape index (κ1) is 49.0. The highest BCUT2D eigenvalue weighted by Gasteiger charge is 2.70. The lowest BCUT2D eigenvalue weighted by atomic mass is 9.33. The van der Waals surface area contributed by atoms with E-state index in [4.69, 9.17) is 28.4 Å². The van der Waals surface area contributed by atoms with Gasteiger partial charge < -0.3 is 79.5 Å². The van der Waals surface area contributed by atoms with E-state index >= 15 is 0 Å². The summed E-state index contributed by atoms with van der Waals surface area (Å²) in [6.45, 7) is 14.0. The maximum Gasteiger partial charge on any atom is 0.310 e. The highest BCUT2D eigenvalue weighted by atomic mass is 16.8. The van der Waals surface area contributed by atoms with E-state index in [2.05, 4.69) is 40.7 Å². The van der Waals surface area contributed by atoms with Gasteiger partial charge in [-0.25, -0.2) is 0 Å². The molecular weight excluding hydrogens is 837 g/mol. The van der Waals surface area contributed by atoms with Gasteiger partial charge in [-0.2, -0.15) is 0 Å². The van der Waals surface area contributed by atoms with Crippen LogP contribution in [0.2, 0.25) is 0 Å². The van der Waals surface area contributed by atoms with Crippen LogP contribution in [0.1, 0.15) is 113 Å². The van der Waals surface area contributed by atoms with Crippen LogP contribution in [-0.2, 0) is 33.2 Å². The summed E-state index contributed by atoms with van der Waals surface area (Å²) < 4.78 is 36.5. The number of allylic oxidation sites excluding steroid dienone is 2. The molecule has 4 saturated carbocycles. The van der Waals surface area contributed by atoms with Gasteiger partial charge in [-0.05, 0) is 111 Å². The van der Waals surface area contributed by atoms with E-state index in [9.17, 15) is 55.9 Å². The number of aliphatic carboxylic acids is 1. The quantitative estimate of drug-likeness (QED) is 0.116. The predicted molar refractivity (Wildman–Crippen MR) is 225 cm³/mol. The summed E-state index contributed by atoms with van der Waals surface area (Å²) in [5.41, 5.74) is -0.704. The molecule has 0 radical (unpaired) electrons. The number of fused-ring (bicyclic) bond motifs is 7. The second kappa shape index (κ2) is 17.2. The van der Waals surface area contributed by atoms with Crippen LogP contribution in [0.4, 0.5) is 0 Å². The molecule has 0 aromatic carbocycles. The van der Waals surface area contributed by atoms with E-state index in [0.29, 0.717) is 19.3 Å². The largest absolute Gasteiger partial charge is 0.481 e. The van der Waals surface area contributed by atoms with Crippen LogP contribution >= 0.6 is 0 Å². The number of rotatable bonds is 9. The minimum atomic E-state index is -1.77. The third-order valence-electron chi connectivity index (χ3n) is 19.1.